The number of para-hydroxylation sites is 1. The second-order valence-electron chi connectivity index (χ2n) is 5.27. The van der Waals surface area contributed by atoms with Crippen molar-refractivity contribution in [3.63, 3.8) is 0 Å². The van der Waals surface area contributed by atoms with Crippen LogP contribution in [0.3, 0.4) is 0 Å². The fourth-order valence-corrected chi connectivity index (χ4v) is 2.89. The predicted molar refractivity (Wildman–Crippen MR) is 74.8 cm³/mol. The number of nitrogens with zero attached hydrogens (tertiary/aromatic N) is 1. The number of nitrogens with two attached hydrogens (primary N) is 1. The summed E-state index contributed by atoms with van der Waals surface area (Å²) in [5.41, 5.74) is 7.12. The van der Waals surface area contributed by atoms with E-state index in [2.05, 4.69) is 18.7 Å². The van der Waals surface area contributed by atoms with Crippen LogP contribution >= 0.6 is 0 Å². The molecule has 1 aromatic carbocycles. The molecule has 1 aliphatic heterocycles. The molecule has 2 rings (SSSR count). The van der Waals surface area contributed by atoms with Crippen LogP contribution in [0.25, 0.3) is 0 Å². The van der Waals surface area contributed by atoms with Crippen molar-refractivity contribution in [2.45, 2.75) is 39.2 Å². The van der Waals surface area contributed by atoms with Crippen molar-refractivity contribution < 1.29 is 4.79 Å². The number of benzene rings is 1. The molecule has 0 aromatic heterocycles. The Labute approximate surface area is 109 Å². The van der Waals surface area contributed by atoms with E-state index in [0.29, 0.717) is 11.6 Å². The molecular formula is C15H22N2O. The second kappa shape index (κ2) is 5.42. The molecule has 0 aliphatic carbocycles. The maximum absolute atomic E-state index is 11.5. The van der Waals surface area contributed by atoms with Gasteiger partial charge in [-0.05, 0) is 37.3 Å². The van der Waals surface area contributed by atoms with E-state index in [1.165, 1.54) is 12.8 Å². The van der Waals surface area contributed by atoms with Crippen LogP contribution in [0.1, 0.15) is 43.5 Å². The van der Waals surface area contributed by atoms with Gasteiger partial charge in [0.05, 0.1) is 5.56 Å². The number of primary amides is 1. The third-order valence-electron chi connectivity index (χ3n) is 3.93. The molecule has 1 saturated heterocycles. The molecule has 2 atom stereocenters. The normalized spacial score (nSPS) is 24.0. The van der Waals surface area contributed by atoms with Crippen molar-refractivity contribution in [1.82, 2.24) is 0 Å². The van der Waals surface area contributed by atoms with Gasteiger partial charge in [-0.15, -0.1) is 0 Å². The molecule has 2 unspecified atom stereocenters. The van der Waals surface area contributed by atoms with Crippen LogP contribution < -0.4 is 10.6 Å². The molecule has 1 amide bonds. The summed E-state index contributed by atoms with van der Waals surface area (Å²) in [7, 11) is 0. The van der Waals surface area contributed by atoms with Gasteiger partial charge in [0, 0.05) is 18.3 Å². The number of carbonyl (C=O) groups excluding carboxylic acids is 1. The Morgan fingerprint density at radius 2 is 2.17 bits per heavy atom. The van der Waals surface area contributed by atoms with E-state index < -0.39 is 0 Å². The van der Waals surface area contributed by atoms with E-state index in [0.717, 1.165) is 24.6 Å². The second-order valence-corrected chi connectivity index (χ2v) is 5.27. The first kappa shape index (κ1) is 12.9. The van der Waals surface area contributed by atoms with E-state index >= 15 is 0 Å². The van der Waals surface area contributed by atoms with E-state index in [9.17, 15) is 4.79 Å². The topological polar surface area (TPSA) is 46.3 Å². The summed E-state index contributed by atoms with van der Waals surface area (Å²) in [6.45, 7) is 5.53. The summed E-state index contributed by atoms with van der Waals surface area (Å²) in [5, 5.41) is 0. The lowest BCUT2D eigenvalue weighted by molar-refractivity contribution is 0.100. The first-order valence-corrected chi connectivity index (χ1v) is 6.79. The number of hydrogen-bond acceptors (Lipinski definition) is 2. The molecule has 0 radical (unpaired) electrons. The van der Waals surface area contributed by atoms with Crippen LogP contribution in [-0.2, 0) is 0 Å². The largest absolute Gasteiger partial charge is 0.368 e. The molecule has 2 N–H and O–H groups in total. The van der Waals surface area contributed by atoms with Gasteiger partial charge < -0.3 is 10.6 Å². The Morgan fingerprint density at radius 3 is 2.83 bits per heavy atom. The lowest BCUT2D eigenvalue weighted by Gasteiger charge is -2.40. The van der Waals surface area contributed by atoms with Crippen LogP contribution in [0.2, 0.25) is 0 Å². The summed E-state index contributed by atoms with van der Waals surface area (Å²) >= 11 is 0. The highest BCUT2D eigenvalue weighted by molar-refractivity contribution is 5.98. The molecule has 98 valence electrons. The highest BCUT2D eigenvalue weighted by atomic mass is 16.1. The van der Waals surface area contributed by atoms with Crippen molar-refractivity contribution in [3.8, 4) is 0 Å². The van der Waals surface area contributed by atoms with E-state index in [1.54, 1.807) is 0 Å². The van der Waals surface area contributed by atoms with Gasteiger partial charge in [-0.25, -0.2) is 0 Å². The Bertz CT molecular complexity index is 430. The smallest absolute Gasteiger partial charge is 0.250 e. The van der Waals surface area contributed by atoms with Crippen molar-refractivity contribution >= 4 is 11.6 Å². The summed E-state index contributed by atoms with van der Waals surface area (Å²) in [4.78, 5) is 13.9. The Kier molecular flexibility index (Phi) is 3.90. The third kappa shape index (κ3) is 2.50. The van der Waals surface area contributed by atoms with Gasteiger partial charge in [-0.3, -0.25) is 4.79 Å². The predicted octanol–water partition coefficient (Wildman–Crippen LogP) is 2.80. The number of amides is 1. The minimum atomic E-state index is -0.334. The maximum atomic E-state index is 11.5. The summed E-state index contributed by atoms with van der Waals surface area (Å²) in [6.07, 6.45) is 3.49. The Morgan fingerprint density at radius 1 is 1.44 bits per heavy atom. The van der Waals surface area contributed by atoms with Crippen LogP contribution in [0.15, 0.2) is 24.3 Å². The number of anilines is 1. The van der Waals surface area contributed by atoms with Crippen molar-refractivity contribution in [3.05, 3.63) is 29.8 Å². The molecular weight excluding hydrogens is 224 g/mol. The number of carbonyl (C=O) groups is 1. The Hall–Kier alpha value is -1.51. The zero-order valence-corrected chi connectivity index (χ0v) is 11.2. The van der Waals surface area contributed by atoms with E-state index in [-0.39, 0.29) is 5.91 Å². The van der Waals surface area contributed by atoms with E-state index in [4.69, 9.17) is 5.73 Å². The zero-order chi connectivity index (χ0) is 13.1. The molecule has 1 aromatic rings. The fraction of sp³-hybridized carbons (Fsp3) is 0.533. The average molecular weight is 246 g/mol. The molecule has 18 heavy (non-hydrogen) atoms. The van der Waals surface area contributed by atoms with Crippen molar-refractivity contribution in [2.24, 2.45) is 11.7 Å². The quantitative estimate of drug-likeness (QED) is 0.891. The van der Waals surface area contributed by atoms with Gasteiger partial charge in [0.15, 0.2) is 0 Å². The van der Waals surface area contributed by atoms with Crippen LogP contribution in [0, 0.1) is 5.92 Å². The van der Waals surface area contributed by atoms with Crippen molar-refractivity contribution in [2.75, 3.05) is 11.4 Å². The number of rotatable bonds is 3. The molecule has 3 nitrogen and oxygen atoms in total. The Balaban J connectivity index is 2.32. The molecule has 3 heteroatoms. The average Bonchev–Trinajstić information content (AvgIpc) is 2.38. The summed E-state index contributed by atoms with van der Waals surface area (Å²) in [6, 6.07) is 8.21. The minimum Gasteiger partial charge on any atom is -0.368 e. The first-order valence-electron chi connectivity index (χ1n) is 6.79. The van der Waals surface area contributed by atoms with E-state index in [1.807, 2.05) is 24.3 Å². The molecule has 0 saturated carbocycles. The van der Waals surface area contributed by atoms with Gasteiger partial charge in [0.1, 0.15) is 0 Å². The first-order chi connectivity index (χ1) is 8.63. The van der Waals surface area contributed by atoms with Gasteiger partial charge in [0.25, 0.3) is 5.91 Å². The molecule has 0 bridgehead atoms. The van der Waals surface area contributed by atoms with Crippen LogP contribution in [-0.4, -0.2) is 18.5 Å². The number of piperidine rings is 1. The van der Waals surface area contributed by atoms with Gasteiger partial charge in [0.2, 0.25) is 0 Å². The minimum absolute atomic E-state index is 0.334. The van der Waals surface area contributed by atoms with Gasteiger partial charge >= 0.3 is 0 Å². The lowest BCUT2D eigenvalue weighted by atomic mass is 9.90. The fourth-order valence-electron chi connectivity index (χ4n) is 2.89. The summed E-state index contributed by atoms with van der Waals surface area (Å²) < 4.78 is 0. The highest BCUT2D eigenvalue weighted by Gasteiger charge is 2.27. The third-order valence-corrected chi connectivity index (χ3v) is 3.93. The van der Waals surface area contributed by atoms with Crippen LogP contribution in [0.5, 0.6) is 0 Å². The van der Waals surface area contributed by atoms with Gasteiger partial charge in [-0.2, -0.15) is 0 Å². The van der Waals surface area contributed by atoms with Crippen LogP contribution in [0.4, 0.5) is 5.69 Å². The molecule has 1 heterocycles. The van der Waals surface area contributed by atoms with Crippen molar-refractivity contribution in [1.29, 1.82) is 0 Å². The lowest BCUT2D eigenvalue weighted by Crippen LogP contribution is -2.42. The van der Waals surface area contributed by atoms with Gasteiger partial charge in [-0.1, -0.05) is 26.0 Å². The molecule has 1 aliphatic rings. The number of hydrogen-bond donors (Lipinski definition) is 1. The molecule has 1 fully saturated rings. The SMILES string of the molecule is CCC1CC(C)CCN1c1ccccc1C(N)=O. The monoisotopic (exact) mass is 246 g/mol. The molecule has 0 spiro atoms. The standard InChI is InChI=1S/C15H22N2O/c1-3-12-10-11(2)8-9-17(12)14-7-5-4-6-13(14)15(16)18/h4-7,11-12H,3,8-10H2,1-2H3,(H2,16,18). The zero-order valence-electron chi connectivity index (χ0n) is 11.2. The summed E-state index contributed by atoms with van der Waals surface area (Å²) in [5.74, 6) is 0.436. The maximum Gasteiger partial charge on any atom is 0.250 e. The highest BCUT2D eigenvalue weighted by Crippen LogP contribution is 2.31.